The molecular weight excluding hydrogens is 358 g/mol. The maximum atomic E-state index is 5.59. The highest BCUT2D eigenvalue weighted by Crippen LogP contribution is 2.29. The van der Waals surface area contributed by atoms with Crippen molar-refractivity contribution >= 4 is 17.7 Å². The summed E-state index contributed by atoms with van der Waals surface area (Å²) in [7, 11) is 0. The molecule has 3 aromatic rings. The van der Waals surface area contributed by atoms with E-state index in [0.29, 0.717) is 18.4 Å². The average Bonchev–Trinajstić information content (AvgIpc) is 3.30. The van der Waals surface area contributed by atoms with Gasteiger partial charge in [-0.25, -0.2) is 0 Å². The van der Waals surface area contributed by atoms with Crippen molar-refractivity contribution in [3.8, 4) is 0 Å². The lowest BCUT2D eigenvalue weighted by molar-refractivity contribution is 0.350. The first-order valence-corrected chi connectivity index (χ1v) is 10.4. The van der Waals surface area contributed by atoms with Crippen LogP contribution in [0.4, 0.5) is 5.95 Å². The van der Waals surface area contributed by atoms with E-state index in [1.165, 1.54) is 6.42 Å². The minimum Gasteiger partial charge on any atom is -0.467 e. The highest BCUT2D eigenvalue weighted by Gasteiger charge is 2.27. The lowest BCUT2D eigenvalue weighted by Crippen LogP contribution is -2.40. The van der Waals surface area contributed by atoms with Gasteiger partial charge in [-0.05, 0) is 42.5 Å². The van der Waals surface area contributed by atoms with Gasteiger partial charge in [-0.2, -0.15) is 0 Å². The maximum absolute atomic E-state index is 5.59. The lowest BCUT2D eigenvalue weighted by Gasteiger charge is -2.35. The number of hydrogen-bond donors (Lipinski definition) is 0. The van der Waals surface area contributed by atoms with Gasteiger partial charge in [0.25, 0.3) is 0 Å². The van der Waals surface area contributed by atoms with Crippen LogP contribution in [0.3, 0.4) is 0 Å². The van der Waals surface area contributed by atoms with Crippen LogP contribution in [0.5, 0.6) is 0 Å². The summed E-state index contributed by atoms with van der Waals surface area (Å²) in [5.74, 6) is 3.94. The van der Waals surface area contributed by atoms with E-state index >= 15 is 0 Å². The summed E-state index contributed by atoms with van der Waals surface area (Å²) < 4.78 is 7.77. The molecule has 4 rings (SSSR count). The first kappa shape index (κ1) is 18.1. The second-order valence-corrected chi connectivity index (χ2v) is 8.35. The van der Waals surface area contributed by atoms with Crippen molar-refractivity contribution in [2.45, 2.75) is 37.7 Å². The molecule has 1 aliphatic heterocycles. The Hall–Kier alpha value is -2.28. The third kappa shape index (κ3) is 4.35. The predicted molar refractivity (Wildman–Crippen MR) is 107 cm³/mol. The van der Waals surface area contributed by atoms with Crippen LogP contribution in [0.2, 0.25) is 0 Å². The van der Waals surface area contributed by atoms with Crippen LogP contribution in [0.1, 0.15) is 31.7 Å². The molecule has 3 aromatic heterocycles. The zero-order valence-electron chi connectivity index (χ0n) is 15.8. The van der Waals surface area contributed by atoms with Gasteiger partial charge >= 0.3 is 0 Å². The first-order chi connectivity index (χ1) is 13.2. The third-order valence-corrected chi connectivity index (χ3v) is 5.82. The van der Waals surface area contributed by atoms with E-state index < -0.39 is 0 Å². The molecule has 0 saturated carbocycles. The molecule has 0 amide bonds. The number of rotatable bonds is 6. The van der Waals surface area contributed by atoms with Gasteiger partial charge in [0, 0.05) is 25.0 Å². The molecule has 0 spiro atoms. The maximum Gasteiger partial charge on any atom is 0.228 e. The predicted octanol–water partition coefficient (Wildman–Crippen LogP) is 4.09. The van der Waals surface area contributed by atoms with Crippen molar-refractivity contribution in [2.75, 3.05) is 18.0 Å². The van der Waals surface area contributed by atoms with Gasteiger partial charge in [0.15, 0.2) is 5.16 Å². The van der Waals surface area contributed by atoms with Gasteiger partial charge in [-0.1, -0.05) is 31.7 Å². The number of aromatic nitrogens is 4. The summed E-state index contributed by atoms with van der Waals surface area (Å²) in [6.45, 7) is 7.30. The fourth-order valence-electron chi connectivity index (χ4n) is 3.77. The summed E-state index contributed by atoms with van der Waals surface area (Å²) in [5.41, 5.74) is 1.04. The van der Waals surface area contributed by atoms with Gasteiger partial charge in [0.1, 0.15) is 5.76 Å². The summed E-state index contributed by atoms with van der Waals surface area (Å²) in [5, 5.41) is 9.96. The first-order valence-electron chi connectivity index (χ1n) is 9.42. The lowest BCUT2D eigenvalue weighted by atomic mass is 9.92. The fraction of sp³-hybridized carbons (Fsp3) is 0.450. The summed E-state index contributed by atoms with van der Waals surface area (Å²) in [6, 6.07) is 9.90. The Bertz CT molecular complexity index is 839. The van der Waals surface area contributed by atoms with E-state index in [9.17, 15) is 0 Å². The normalized spacial score (nSPS) is 20.1. The van der Waals surface area contributed by atoms with Gasteiger partial charge in [-0.3, -0.25) is 9.55 Å². The number of furan rings is 1. The zero-order valence-corrected chi connectivity index (χ0v) is 16.6. The molecule has 1 aliphatic rings. The Labute approximate surface area is 164 Å². The molecular formula is C20H25N5OS. The number of pyridine rings is 1. The molecule has 0 N–H and O–H groups in total. The molecule has 0 aliphatic carbocycles. The Kier molecular flexibility index (Phi) is 5.48. The van der Waals surface area contributed by atoms with E-state index in [0.717, 1.165) is 41.4 Å². The van der Waals surface area contributed by atoms with Crippen LogP contribution < -0.4 is 4.90 Å². The molecule has 0 radical (unpaired) electrons. The minimum absolute atomic E-state index is 0.638. The van der Waals surface area contributed by atoms with Crippen LogP contribution in [0.25, 0.3) is 0 Å². The number of anilines is 1. The van der Waals surface area contributed by atoms with Crippen LogP contribution in [-0.2, 0) is 12.3 Å². The van der Waals surface area contributed by atoms with E-state index in [1.807, 2.05) is 36.5 Å². The van der Waals surface area contributed by atoms with Gasteiger partial charge < -0.3 is 9.32 Å². The Morgan fingerprint density at radius 2 is 1.96 bits per heavy atom. The molecule has 142 valence electrons. The van der Waals surface area contributed by atoms with Gasteiger partial charge in [-0.15, -0.1) is 10.2 Å². The van der Waals surface area contributed by atoms with E-state index in [1.54, 1.807) is 18.0 Å². The van der Waals surface area contributed by atoms with E-state index in [-0.39, 0.29) is 0 Å². The molecule has 2 unspecified atom stereocenters. The average molecular weight is 384 g/mol. The van der Waals surface area contributed by atoms with Crippen LogP contribution >= 0.6 is 11.8 Å². The summed E-state index contributed by atoms with van der Waals surface area (Å²) >= 11 is 1.67. The number of nitrogens with zero attached hydrogens (tertiary/aromatic N) is 5. The minimum atomic E-state index is 0.638. The second-order valence-electron chi connectivity index (χ2n) is 7.41. The molecule has 0 bridgehead atoms. The zero-order chi connectivity index (χ0) is 18.6. The fourth-order valence-corrected chi connectivity index (χ4v) is 4.62. The highest BCUT2D eigenvalue weighted by molar-refractivity contribution is 7.98. The molecule has 1 saturated heterocycles. The molecule has 2 atom stereocenters. The molecule has 0 aromatic carbocycles. The Balaban J connectivity index is 1.59. The number of hydrogen-bond acceptors (Lipinski definition) is 6. The SMILES string of the molecule is CC1CC(C)CN(c2nnc(SCc3ccccn3)n2Cc2ccco2)C1. The van der Waals surface area contributed by atoms with Gasteiger partial charge in [0.05, 0.1) is 18.5 Å². The smallest absolute Gasteiger partial charge is 0.228 e. The van der Waals surface area contributed by atoms with Crippen molar-refractivity contribution in [1.82, 2.24) is 19.7 Å². The van der Waals surface area contributed by atoms with Crippen LogP contribution in [-0.4, -0.2) is 32.8 Å². The Morgan fingerprint density at radius 1 is 1.11 bits per heavy atom. The molecule has 7 heteroatoms. The van der Waals surface area contributed by atoms with Crippen molar-refractivity contribution in [1.29, 1.82) is 0 Å². The standard InChI is InChI=1S/C20H25N5OS/c1-15-10-16(2)12-24(11-15)19-22-23-20(25(19)13-18-7-5-9-26-18)27-14-17-6-3-4-8-21-17/h3-9,15-16H,10-14H2,1-2H3. The van der Waals surface area contributed by atoms with Crippen LogP contribution in [0.15, 0.2) is 52.4 Å². The number of thioether (sulfide) groups is 1. The molecule has 6 nitrogen and oxygen atoms in total. The molecule has 4 heterocycles. The topological polar surface area (TPSA) is 60.0 Å². The molecule has 27 heavy (non-hydrogen) atoms. The second kappa shape index (κ2) is 8.17. The monoisotopic (exact) mass is 383 g/mol. The largest absolute Gasteiger partial charge is 0.467 e. The third-order valence-electron chi connectivity index (χ3n) is 4.82. The van der Waals surface area contributed by atoms with E-state index in [2.05, 4.69) is 38.5 Å². The van der Waals surface area contributed by atoms with E-state index in [4.69, 9.17) is 4.42 Å². The summed E-state index contributed by atoms with van der Waals surface area (Å²) in [6.07, 6.45) is 4.81. The quantitative estimate of drug-likeness (QED) is 0.598. The van der Waals surface area contributed by atoms with Gasteiger partial charge in [0.2, 0.25) is 5.95 Å². The van der Waals surface area contributed by atoms with Crippen molar-refractivity contribution in [3.05, 3.63) is 54.2 Å². The number of piperidine rings is 1. The van der Waals surface area contributed by atoms with Crippen molar-refractivity contribution in [2.24, 2.45) is 11.8 Å². The van der Waals surface area contributed by atoms with Crippen molar-refractivity contribution < 1.29 is 4.42 Å². The highest BCUT2D eigenvalue weighted by atomic mass is 32.2. The Morgan fingerprint density at radius 3 is 2.67 bits per heavy atom. The summed E-state index contributed by atoms with van der Waals surface area (Å²) in [4.78, 5) is 6.78. The van der Waals surface area contributed by atoms with Crippen LogP contribution in [0, 0.1) is 11.8 Å². The molecule has 1 fully saturated rings. The van der Waals surface area contributed by atoms with Crippen molar-refractivity contribution in [3.63, 3.8) is 0 Å².